The SMILES string of the molecule is CCCCCCCCCCCCCCCC(=O)NCCNCCC[Si](OC)(OC)OC. The van der Waals surface area contributed by atoms with Crippen molar-refractivity contribution in [1.82, 2.24) is 10.6 Å². The molecule has 0 saturated heterocycles. The van der Waals surface area contributed by atoms with Crippen LogP contribution in [-0.2, 0) is 18.1 Å². The number of unbranched alkanes of at least 4 members (excludes halogenated alkanes) is 12. The molecule has 0 aromatic rings. The number of nitrogens with one attached hydrogen (secondary N) is 2. The molecule has 0 saturated carbocycles. The number of rotatable bonds is 24. The van der Waals surface area contributed by atoms with Crippen LogP contribution in [0.25, 0.3) is 0 Å². The van der Waals surface area contributed by atoms with Gasteiger partial charge in [-0.05, 0) is 19.4 Å². The van der Waals surface area contributed by atoms with E-state index in [4.69, 9.17) is 13.3 Å². The van der Waals surface area contributed by atoms with Gasteiger partial charge in [0.25, 0.3) is 0 Å². The summed E-state index contributed by atoms with van der Waals surface area (Å²) in [4.78, 5) is 11.9. The second-order valence-electron chi connectivity index (χ2n) is 8.49. The Hall–Kier alpha value is -0.473. The fraction of sp³-hybridized carbons (Fsp3) is 0.958. The Bertz CT molecular complexity index is 388. The van der Waals surface area contributed by atoms with Gasteiger partial charge in [0, 0.05) is 46.9 Å². The zero-order chi connectivity index (χ0) is 23.0. The van der Waals surface area contributed by atoms with Gasteiger partial charge in [-0.3, -0.25) is 4.79 Å². The van der Waals surface area contributed by atoms with Crippen molar-refractivity contribution in [2.75, 3.05) is 41.0 Å². The molecule has 2 N–H and O–H groups in total. The molecule has 0 fully saturated rings. The van der Waals surface area contributed by atoms with Crippen molar-refractivity contribution in [3.05, 3.63) is 0 Å². The van der Waals surface area contributed by atoms with Crippen molar-refractivity contribution in [1.29, 1.82) is 0 Å². The third kappa shape index (κ3) is 18.8. The molecule has 0 aromatic carbocycles. The maximum Gasteiger partial charge on any atom is 0.500 e. The van der Waals surface area contributed by atoms with Gasteiger partial charge in [-0.15, -0.1) is 0 Å². The summed E-state index contributed by atoms with van der Waals surface area (Å²) >= 11 is 0. The molecule has 0 aliphatic heterocycles. The number of amides is 1. The minimum absolute atomic E-state index is 0.175. The average molecular weight is 461 g/mol. The number of hydrogen-bond acceptors (Lipinski definition) is 5. The van der Waals surface area contributed by atoms with Crippen LogP contribution in [0.4, 0.5) is 0 Å². The summed E-state index contributed by atoms with van der Waals surface area (Å²) < 4.78 is 16.2. The van der Waals surface area contributed by atoms with E-state index in [9.17, 15) is 4.79 Å². The lowest BCUT2D eigenvalue weighted by Crippen LogP contribution is -2.43. The van der Waals surface area contributed by atoms with Gasteiger partial charge < -0.3 is 23.9 Å². The molecule has 0 atom stereocenters. The lowest BCUT2D eigenvalue weighted by Gasteiger charge is -2.24. The zero-order valence-electron chi connectivity index (χ0n) is 21.1. The molecule has 7 heteroatoms. The van der Waals surface area contributed by atoms with Crippen LogP contribution in [0.15, 0.2) is 0 Å². The van der Waals surface area contributed by atoms with Gasteiger partial charge in [0.05, 0.1) is 0 Å². The second kappa shape index (κ2) is 22.7. The molecule has 0 radical (unpaired) electrons. The first-order valence-electron chi connectivity index (χ1n) is 12.8. The highest BCUT2D eigenvalue weighted by Crippen LogP contribution is 2.14. The van der Waals surface area contributed by atoms with Crippen LogP contribution >= 0.6 is 0 Å². The minimum atomic E-state index is -2.45. The maximum atomic E-state index is 11.9. The lowest BCUT2D eigenvalue weighted by molar-refractivity contribution is -0.121. The topological polar surface area (TPSA) is 68.8 Å². The van der Waals surface area contributed by atoms with Gasteiger partial charge in [-0.2, -0.15) is 0 Å². The molecule has 1 amide bonds. The summed E-state index contributed by atoms with van der Waals surface area (Å²) in [6.07, 6.45) is 18.9. The molecular weight excluding hydrogens is 408 g/mol. The van der Waals surface area contributed by atoms with Gasteiger partial charge in [-0.1, -0.05) is 84.0 Å². The molecule has 0 bridgehead atoms. The normalized spacial score (nSPS) is 11.7. The first kappa shape index (κ1) is 30.5. The Morgan fingerprint density at radius 1 is 0.645 bits per heavy atom. The highest BCUT2D eigenvalue weighted by atomic mass is 28.4. The predicted molar refractivity (Wildman–Crippen MR) is 132 cm³/mol. The zero-order valence-corrected chi connectivity index (χ0v) is 22.1. The van der Waals surface area contributed by atoms with Gasteiger partial charge in [0.1, 0.15) is 0 Å². The Morgan fingerprint density at radius 3 is 1.61 bits per heavy atom. The van der Waals surface area contributed by atoms with E-state index in [1.54, 1.807) is 21.3 Å². The second-order valence-corrected chi connectivity index (χ2v) is 11.6. The number of carbonyl (C=O) groups is 1. The Balaban J connectivity index is 3.33. The molecule has 0 spiro atoms. The van der Waals surface area contributed by atoms with Crippen LogP contribution in [0.5, 0.6) is 0 Å². The first-order chi connectivity index (χ1) is 15.1. The van der Waals surface area contributed by atoms with Crippen molar-refractivity contribution in [3.8, 4) is 0 Å². The van der Waals surface area contributed by atoms with E-state index in [1.807, 2.05) is 0 Å². The van der Waals surface area contributed by atoms with Gasteiger partial charge in [0.15, 0.2) is 0 Å². The summed E-state index contributed by atoms with van der Waals surface area (Å²) in [5, 5.41) is 6.34. The monoisotopic (exact) mass is 460 g/mol. The summed E-state index contributed by atoms with van der Waals surface area (Å²) in [7, 11) is 2.46. The molecule has 31 heavy (non-hydrogen) atoms. The molecule has 0 unspecified atom stereocenters. The van der Waals surface area contributed by atoms with Crippen LogP contribution in [0.1, 0.15) is 103 Å². The maximum absolute atomic E-state index is 11.9. The van der Waals surface area contributed by atoms with E-state index in [1.165, 1.54) is 77.0 Å². The summed E-state index contributed by atoms with van der Waals surface area (Å²) in [5.41, 5.74) is 0. The molecule has 0 rings (SSSR count). The van der Waals surface area contributed by atoms with Crippen LogP contribution in [0, 0.1) is 0 Å². The van der Waals surface area contributed by atoms with E-state index in [0.29, 0.717) is 13.0 Å². The van der Waals surface area contributed by atoms with Crippen molar-refractivity contribution in [2.45, 2.75) is 109 Å². The molecule has 6 nitrogen and oxygen atoms in total. The number of carbonyl (C=O) groups excluding carboxylic acids is 1. The van der Waals surface area contributed by atoms with Crippen molar-refractivity contribution >= 4 is 14.7 Å². The smallest absolute Gasteiger partial charge is 0.377 e. The van der Waals surface area contributed by atoms with E-state index < -0.39 is 8.80 Å². The Morgan fingerprint density at radius 2 is 1.13 bits per heavy atom. The first-order valence-corrected chi connectivity index (χ1v) is 14.7. The molecule has 186 valence electrons. The van der Waals surface area contributed by atoms with Gasteiger partial charge >= 0.3 is 8.80 Å². The third-order valence-electron chi connectivity index (χ3n) is 5.90. The summed E-state index contributed by atoms with van der Waals surface area (Å²) in [5.74, 6) is 0.175. The van der Waals surface area contributed by atoms with E-state index >= 15 is 0 Å². The van der Waals surface area contributed by atoms with Crippen LogP contribution < -0.4 is 10.6 Å². The minimum Gasteiger partial charge on any atom is -0.377 e. The quantitative estimate of drug-likeness (QED) is 0.148. The van der Waals surface area contributed by atoms with Crippen LogP contribution in [-0.4, -0.2) is 55.7 Å². The van der Waals surface area contributed by atoms with Crippen molar-refractivity contribution in [3.63, 3.8) is 0 Å². The van der Waals surface area contributed by atoms with Gasteiger partial charge in [0.2, 0.25) is 5.91 Å². The molecule has 0 aliphatic rings. The summed E-state index contributed by atoms with van der Waals surface area (Å²) in [6.45, 7) is 4.60. The van der Waals surface area contributed by atoms with E-state index in [2.05, 4.69) is 17.6 Å². The predicted octanol–water partition coefficient (Wildman–Crippen LogP) is 5.44. The number of hydrogen-bond donors (Lipinski definition) is 2. The Kier molecular flexibility index (Phi) is 22.4. The molecule has 0 heterocycles. The van der Waals surface area contributed by atoms with E-state index in [0.717, 1.165) is 32.0 Å². The van der Waals surface area contributed by atoms with Crippen molar-refractivity contribution < 1.29 is 18.1 Å². The van der Waals surface area contributed by atoms with E-state index in [-0.39, 0.29) is 5.91 Å². The molecule has 0 aromatic heterocycles. The fourth-order valence-corrected chi connectivity index (χ4v) is 5.52. The fourth-order valence-electron chi connectivity index (χ4n) is 3.79. The molecule has 0 aliphatic carbocycles. The van der Waals surface area contributed by atoms with Crippen molar-refractivity contribution in [2.24, 2.45) is 0 Å². The summed E-state index contributed by atoms with van der Waals surface area (Å²) in [6, 6.07) is 0.787. The van der Waals surface area contributed by atoms with Crippen LogP contribution in [0.3, 0.4) is 0 Å². The highest BCUT2D eigenvalue weighted by Gasteiger charge is 2.36. The lowest BCUT2D eigenvalue weighted by atomic mass is 10.0. The highest BCUT2D eigenvalue weighted by molar-refractivity contribution is 6.60. The standard InChI is InChI=1S/C24H52N2O4Si/c1-5-6-7-8-9-10-11-12-13-14-15-16-17-19-24(27)26-22-21-25-20-18-23-31(28-2,29-3)30-4/h25H,5-23H2,1-4H3,(H,26,27). The largest absolute Gasteiger partial charge is 0.500 e. The average Bonchev–Trinajstić information content (AvgIpc) is 2.79. The Labute approximate surface area is 193 Å². The third-order valence-corrected chi connectivity index (χ3v) is 8.73. The molecular formula is C24H52N2O4Si. The van der Waals surface area contributed by atoms with Gasteiger partial charge in [-0.25, -0.2) is 0 Å². The van der Waals surface area contributed by atoms with Crippen LogP contribution in [0.2, 0.25) is 6.04 Å².